The van der Waals surface area contributed by atoms with Gasteiger partial charge in [0.15, 0.2) is 4.90 Å². The van der Waals surface area contributed by atoms with Crippen molar-refractivity contribution < 1.29 is 22.0 Å². The van der Waals surface area contributed by atoms with Crippen LogP contribution in [0.3, 0.4) is 0 Å². The van der Waals surface area contributed by atoms with Crippen molar-refractivity contribution >= 4 is 16.1 Å². The standard InChI is InChI=1S/C18H25F2N3O3S/c19-15-7-4-8-16(20)17(15)27(25,26)23-11-9-14(10-12-23)22-18(24)21-13-5-2-1-3-6-13/h4,7-8,13-14H,1-3,5-6,9-12H2,(H2,21,22,24). The molecule has 1 aromatic rings. The van der Waals surface area contributed by atoms with Gasteiger partial charge in [-0.3, -0.25) is 0 Å². The maximum Gasteiger partial charge on any atom is 0.315 e. The minimum atomic E-state index is -4.24. The molecule has 0 aromatic heterocycles. The molecule has 150 valence electrons. The summed E-state index contributed by atoms with van der Waals surface area (Å²) in [6.07, 6.45) is 6.20. The van der Waals surface area contributed by atoms with Crippen LogP contribution in [0.2, 0.25) is 0 Å². The van der Waals surface area contributed by atoms with Gasteiger partial charge in [-0.2, -0.15) is 4.31 Å². The number of carbonyl (C=O) groups excluding carboxylic acids is 1. The minimum Gasteiger partial charge on any atom is -0.335 e. The average Bonchev–Trinajstić information content (AvgIpc) is 2.62. The fraction of sp³-hybridized carbons (Fsp3) is 0.611. The van der Waals surface area contributed by atoms with Crippen LogP contribution in [0.15, 0.2) is 23.1 Å². The zero-order chi connectivity index (χ0) is 19.4. The molecule has 6 nitrogen and oxygen atoms in total. The lowest BCUT2D eigenvalue weighted by molar-refractivity contribution is 0.220. The molecule has 0 unspecified atom stereocenters. The van der Waals surface area contributed by atoms with Gasteiger partial charge in [-0.1, -0.05) is 25.3 Å². The van der Waals surface area contributed by atoms with Crippen molar-refractivity contribution in [2.75, 3.05) is 13.1 Å². The van der Waals surface area contributed by atoms with Gasteiger partial charge in [0.2, 0.25) is 10.0 Å². The SMILES string of the molecule is O=C(NC1CCCCC1)NC1CCN(S(=O)(=O)c2c(F)cccc2F)CC1. The normalized spacial score (nSPS) is 20.4. The number of rotatable bonds is 4. The fourth-order valence-electron chi connectivity index (χ4n) is 3.76. The van der Waals surface area contributed by atoms with Gasteiger partial charge in [-0.25, -0.2) is 22.0 Å². The number of hydrogen-bond acceptors (Lipinski definition) is 3. The predicted octanol–water partition coefficient (Wildman–Crippen LogP) is 2.75. The molecule has 27 heavy (non-hydrogen) atoms. The molecule has 2 aliphatic rings. The van der Waals surface area contributed by atoms with Crippen molar-refractivity contribution in [3.63, 3.8) is 0 Å². The summed E-state index contributed by atoms with van der Waals surface area (Å²) < 4.78 is 53.9. The van der Waals surface area contributed by atoms with Crippen LogP contribution >= 0.6 is 0 Å². The van der Waals surface area contributed by atoms with Crippen molar-refractivity contribution in [1.82, 2.24) is 14.9 Å². The number of piperidine rings is 1. The Balaban J connectivity index is 1.54. The van der Waals surface area contributed by atoms with Gasteiger partial charge in [0.1, 0.15) is 11.6 Å². The molecule has 1 aromatic carbocycles. The second-order valence-corrected chi connectivity index (χ2v) is 9.06. The Morgan fingerprint density at radius 2 is 1.44 bits per heavy atom. The molecule has 1 heterocycles. The molecule has 2 amide bonds. The van der Waals surface area contributed by atoms with Gasteiger partial charge in [-0.05, 0) is 37.8 Å². The number of urea groups is 1. The van der Waals surface area contributed by atoms with E-state index < -0.39 is 26.6 Å². The molecule has 0 spiro atoms. The number of carbonyl (C=O) groups is 1. The van der Waals surface area contributed by atoms with E-state index in [1.165, 1.54) is 6.42 Å². The van der Waals surface area contributed by atoms with E-state index in [0.717, 1.165) is 48.2 Å². The number of hydrogen-bond donors (Lipinski definition) is 2. The molecule has 0 atom stereocenters. The lowest BCUT2D eigenvalue weighted by Gasteiger charge is -2.32. The van der Waals surface area contributed by atoms with Crippen LogP contribution in [0.25, 0.3) is 0 Å². The Hall–Kier alpha value is -1.74. The van der Waals surface area contributed by atoms with Crippen LogP contribution in [-0.4, -0.2) is 43.9 Å². The highest BCUT2D eigenvalue weighted by Crippen LogP contribution is 2.25. The summed E-state index contributed by atoms with van der Waals surface area (Å²) in [5.41, 5.74) is 0. The highest BCUT2D eigenvalue weighted by molar-refractivity contribution is 7.89. The monoisotopic (exact) mass is 401 g/mol. The van der Waals surface area contributed by atoms with Crippen LogP contribution in [0.4, 0.5) is 13.6 Å². The van der Waals surface area contributed by atoms with Gasteiger partial charge in [0.25, 0.3) is 0 Å². The van der Waals surface area contributed by atoms with Crippen molar-refractivity contribution in [3.05, 3.63) is 29.8 Å². The number of nitrogens with zero attached hydrogens (tertiary/aromatic N) is 1. The number of benzene rings is 1. The van der Waals surface area contributed by atoms with Gasteiger partial charge in [0, 0.05) is 25.2 Å². The third-order valence-electron chi connectivity index (χ3n) is 5.25. The zero-order valence-corrected chi connectivity index (χ0v) is 15.9. The van der Waals surface area contributed by atoms with E-state index in [4.69, 9.17) is 0 Å². The summed E-state index contributed by atoms with van der Waals surface area (Å²) in [5, 5.41) is 5.85. The van der Waals surface area contributed by atoms with Gasteiger partial charge >= 0.3 is 6.03 Å². The summed E-state index contributed by atoms with van der Waals surface area (Å²) in [5.74, 6) is -2.19. The van der Waals surface area contributed by atoms with Crippen molar-refractivity contribution in [2.24, 2.45) is 0 Å². The topological polar surface area (TPSA) is 78.5 Å². The van der Waals surface area contributed by atoms with E-state index in [1.54, 1.807) is 0 Å². The minimum absolute atomic E-state index is 0.102. The summed E-state index contributed by atoms with van der Waals surface area (Å²) in [7, 11) is -4.24. The first-order valence-corrected chi connectivity index (χ1v) is 10.8. The average molecular weight is 401 g/mol. The van der Waals surface area contributed by atoms with E-state index in [0.29, 0.717) is 12.8 Å². The molecular formula is C18H25F2N3O3S. The Morgan fingerprint density at radius 1 is 0.926 bits per heavy atom. The molecular weight excluding hydrogens is 376 g/mol. The molecule has 2 fully saturated rings. The van der Waals surface area contributed by atoms with Crippen LogP contribution in [0.5, 0.6) is 0 Å². The van der Waals surface area contributed by atoms with Gasteiger partial charge in [0.05, 0.1) is 0 Å². The largest absolute Gasteiger partial charge is 0.335 e. The predicted molar refractivity (Wildman–Crippen MR) is 96.7 cm³/mol. The second-order valence-electron chi connectivity index (χ2n) is 7.18. The third-order valence-corrected chi connectivity index (χ3v) is 7.20. The molecule has 1 saturated carbocycles. The Labute approximate surface area is 158 Å². The smallest absolute Gasteiger partial charge is 0.315 e. The molecule has 1 aliphatic heterocycles. The molecule has 0 radical (unpaired) electrons. The first-order chi connectivity index (χ1) is 12.9. The van der Waals surface area contributed by atoms with Crippen LogP contribution in [0.1, 0.15) is 44.9 Å². The van der Waals surface area contributed by atoms with E-state index >= 15 is 0 Å². The number of nitrogens with one attached hydrogen (secondary N) is 2. The molecule has 2 N–H and O–H groups in total. The molecule has 1 saturated heterocycles. The van der Waals surface area contributed by atoms with Crippen molar-refractivity contribution in [1.29, 1.82) is 0 Å². The van der Waals surface area contributed by atoms with E-state index in [-0.39, 0.29) is 31.2 Å². The van der Waals surface area contributed by atoms with Crippen molar-refractivity contribution in [2.45, 2.75) is 61.9 Å². The maximum atomic E-state index is 13.9. The van der Waals surface area contributed by atoms with Crippen LogP contribution in [-0.2, 0) is 10.0 Å². The number of sulfonamides is 1. The summed E-state index contributed by atoms with van der Waals surface area (Å²) in [4.78, 5) is 11.2. The van der Waals surface area contributed by atoms with Gasteiger partial charge < -0.3 is 10.6 Å². The van der Waals surface area contributed by atoms with Crippen LogP contribution in [0, 0.1) is 11.6 Å². The highest BCUT2D eigenvalue weighted by atomic mass is 32.2. The third kappa shape index (κ3) is 4.76. The Kier molecular flexibility index (Phi) is 6.31. The first kappa shape index (κ1) is 20.0. The maximum absolute atomic E-state index is 13.9. The molecule has 1 aliphatic carbocycles. The Morgan fingerprint density at radius 3 is 2.00 bits per heavy atom. The lowest BCUT2D eigenvalue weighted by atomic mass is 9.96. The molecule has 9 heteroatoms. The molecule has 3 rings (SSSR count). The summed E-state index contributed by atoms with van der Waals surface area (Å²) in [6, 6.07) is 2.79. The Bertz CT molecular complexity index is 754. The number of halogens is 2. The van der Waals surface area contributed by atoms with E-state index in [1.807, 2.05) is 0 Å². The summed E-state index contributed by atoms with van der Waals surface area (Å²) >= 11 is 0. The molecule has 0 bridgehead atoms. The van der Waals surface area contributed by atoms with E-state index in [9.17, 15) is 22.0 Å². The highest BCUT2D eigenvalue weighted by Gasteiger charge is 2.34. The lowest BCUT2D eigenvalue weighted by Crippen LogP contribution is -2.51. The second kappa shape index (κ2) is 8.52. The van der Waals surface area contributed by atoms with E-state index in [2.05, 4.69) is 10.6 Å². The number of amides is 2. The van der Waals surface area contributed by atoms with Gasteiger partial charge in [-0.15, -0.1) is 0 Å². The first-order valence-electron chi connectivity index (χ1n) is 9.39. The van der Waals surface area contributed by atoms with Crippen molar-refractivity contribution in [3.8, 4) is 0 Å². The summed E-state index contributed by atoms with van der Waals surface area (Å²) in [6.45, 7) is 0.203. The quantitative estimate of drug-likeness (QED) is 0.814. The van der Waals surface area contributed by atoms with Crippen LogP contribution < -0.4 is 10.6 Å². The fourth-order valence-corrected chi connectivity index (χ4v) is 5.34. The zero-order valence-electron chi connectivity index (χ0n) is 15.1.